The lowest BCUT2D eigenvalue weighted by atomic mass is 9.96. The highest BCUT2D eigenvalue weighted by Crippen LogP contribution is 2.22. The van der Waals surface area contributed by atoms with Gasteiger partial charge in [0.2, 0.25) is 0 Å². The smallest absolute Gasteiger partial charge is 0.125 e. The zero-order valence-corrected chi connectivity index (χ0v) is 11.5. The second kappa shape index (κ2) is 5.50. The van der Waals surface area contributed by atoms with Gasteiger partial charge in [-0.15, -0.1) is 0 Å². The van der Waals surface area contributed by atoms with Gasteiger partial charge >= 0.3 is 0 Å². The molecule has 0 fully saturated rings. The number of anilines is 1. The Morgan fingerprint density at radius 2 is 1.88 bits per heavy atom. The minimum atomic E-state index is -0.173. The van der Waals surface area contributed by atoms with E-state index >= 15 is 0 Å². The molecule has 1 aromatic rings. The zero-order chi connectivity index (χ0) is 13.1. The normalized spacial score (nSPS) is 11.6. The van der Waals surface area contributed by atoms with Crippen LogP contribution >= 0.6 is 0 Å². The molecule has 2 nitrogen and oxygen atoms in total. The van der Waals surface area contributed by atoms with Crippen LogP contribution in [0, 0.1) is 11.2 Å². The van der Waals surface area contributed by atoms with Gasteiger partial charge in [0.05, 0.1) is 0 Å². The predicted molar refractivity (Wildman–Crippen MR) is 71.9 cm³/mol. The largest absolute Gasteiger partial charge is 0.374 e. The summed E-state index contributed by atoms with van der Waals surface area (Å²) in [6, 6.07) is 5.20. The van der Waals surface area contributed by atoms with Crippen LogP contribution < -0.4 is 10.2 Å². The van der Waals surface area contributed by atoms with Gasteiger partial charge in [0.1, 0.15) is 5.82 Å². The molecule has 0 aromatic heterocycles. The van der Waals surface area contributed by atoms with E-state index in [9.17, 15) is 4.39 Å². The van der Waals surface area contributed by atoms with Crippen LogP contribution in [0.15, 0.2) is 18.2 Å². The molecular formula is C14H23FN2. The number of hydrogen-bond donors (Lipinski definition) is 1. The van der Waals surface area contributed by atoms with Crippen molar-refractivity contribution in [3.05, 3.63) is 29.6 Å². The third-order valence-corrected chi connectivity index (χ3v) is 2.48. The Bertz CT molecular complexity index is 369. The summed E-state index contributed by atoms with van der Waals surface area (Å²) >= 11 is 0. The number of hydrogen-bond acceptors (Lipinski definition) is 2. The fourth-order valence-electron chi connectivity index (χ4n) is 1.96. The summed E-state index contributed by atoms with van der Waals surface area (Å²) < 4.78 is 13.5. The summed E-state index contributed by atoms with van der Waals surface area (Å²) in [5.74, 6) is -0.173. The van der Waals surface area contributed by atoms with E-state index in [1.54, 1.807) is 12.1 Å². The number of benzene rings is 1. The Kier molecular flexibility index (Phi) is 4.52. The van der Waals surface area contributed by atoms with Crippen LogP contribution in [0.5, 0.6) is 0 Å². The van der Waals surface area contributed by atoms with Crippen molar-refractivity contribution in [3.63, 3.8) is 0 Å². The fraction of sp³-hybridized carbons (Fsp3) is 0.571. The van der Waals surface area contributed by atoms with E-state index in [1.807, 2.05) is 20.2 Å². The first-order chi connectivity index (χ1) is 7.81. The standard InChI is InChI=1S/C14H23FN2/c1-14(2,3)10-17(5)13-7-11(9-16-4)6-12(15)8-13/h6-8,16H,9-10H2,1-5H3. The van der Waals surface area contributed by atoms with Gasteiger partial charge in [0.15, 0.2) is 0 Å². The Labute approximate surface area is 104 Å². The van der Waals surface area contributed by atoms with E-state index in [0.717, 1.165) is 17.8 Å². The van der Waals surface area contributed by atoms with Crippen LogP contribution in [-0.2, 0) is 6.54 Å². The van der Waals surface area contributed by atoms with Crippen molar-refractivity contribution in [2.75, 3.05) is 25.5 Å². The molecule has 0 saturated heterocycles. The quantitative estimate of drug-likeness (QED) is 0.867. The maximum Gasteiger partial charge on any atom is 0.125 e. The van der Waals surface area contributed by atoms with E-state index in [2.05, 4.69) is 31.0 Å². The molecule has 0 unspecified atom stereocenters. The molecule has 0 atom stereocenters. The van der Waals surface area contributed by atoms with Gasteiger partial charge < -0.3 is 10.2 Å². The number of rotatable bonds is 4. The average Bonchev–Trinajstić information content (AvgIpc) is 2.14. The molecule has 0 saturated carbocycles. The zero-order valence-electron chi connectivity index (χ0n) is 11.5. The van der Waals surface area contributed by atoms with Crippen molar-refractivity contribution >= 4 is 5.69 Å². The van der Waals surface area contributed by atoms with Crippen LogP contribution in [0.2, 0.25) is 0 Å². The lowest BCUT2D eigenvalue weighted by Crippen LogP contribution is -2.29. The van der Waals surface area contributed by atoms with E-state index in [4.69, 9.17) is 0 Å². The Morgan fingerprint density at radius 1 is 1.24 bits per heavy atom. The molecule has 0 radical (unpaired) electrons. The van der Waals surface area contributed by atoms with Crippen molar-refractivity contribution in [3.8, 4) is 0 Å². The van der Waals surface area contributed by atoms with Gasteiger partial charge in [-0.2, -0.15) is 0 Å². The monoisotopic (exact) mass is 238 g/mol. The molecule has 17 heavy (non-hydrogen) atoms. The second-order valence-corrected chi connectivity index (χ2v) is 5.76. The molecule has 0 aliphatic carbocycles. The van der Waals surface area contributed by atoms with E-state index < -0.39 is 0 Å². The molecule has 1 aromatic carbocycles. The maximum atomic E-state index is 13.5. The molecule has 0 aliphatic heterocycles. The summed E-state index contributed by atoms with van der Waals surface area (Å²) in [5, 5.41) is 3.04. The van der Waals surface area contributed by atoms with E-state index in [-0.39, 0.29) is 11.2 Å². The summed E-state index contributed by atoms with van der Waals surface area (Å²) in [4.78, 5) is 2.10. The van der Waals surface area contributed by atoms with Gasteiger partial charge in [0.25, 0.3) is 0 Å². The van der Waals surface area contributed by atoms with Gasteiger partial charge in [-0.3, -0.25) is 0 Å². The Hall–Kier alpha value is -1.09. The molecule has 0 aliphatic rings. The predicted octanol–water partition coefficient (Wildman–Crippen LogP) is 3.03. The Balaban J connectivity index is 2.89. The summed E-state index contributed by atoms with van der Waals surface area (Å²) in [6.07, 6.45) is 0. The number of nitrogens with one attached hydrogen (secondary N) is 1. The molecule has 0 heterocycles. The van der Waals surface area contributed by atoms with Gasteiger partial charge in [-0.1, -0.05) is 20.8 Å². The van der Waals surface area contributed by atoms with Crippen LogP contribution in [0.3, 0.4) is 0 Å². The second-order valence-electron chi connectivity index (χ2n) is 5.76. The maximum absolute atomic E-state index is 13.5. The first-order valence-electron chi connectivity index (χ1n) is 5.97. The number of halogens is 1. The first-order valence-corrected chi connectivity index (χ1v) is 5.97. The lowest BCUT2D eigenvalue weighted by molar-refractivity contribution is 0.418. The molecule has 3 heteroatoms. The third-order valence-electron chi connectivity index (χ3n) is 2.48. The summed E-state index contributed by atoms with van der Waals surface area (Å²) in [7, 11) is 3.87. The average molecular weight is 238 g/mol. The highest BCUT2D eigenvalue weighted by molar-refractivity contribution is 5.48. The molecular weight excluding hydrogens is 215 g/mol. The first kappa shape index (κ1) is 14.0. The SMILES string of the molecule is CNCc1cc(F)cc(N(C)CC(C)(C)C)c1. The third kappa shape index (κ3) is 4.73. The Morgan fingerprint density at radius 3 is 2.41 bits per heavy atom. The highest BCUT2D eigenvalue weighted by atomic mass is 19.1. The van der Waals surface area contributed by atoms with Crippen LogP contribution in [0.4, 0.5) is 10.1 Å². The van der Waals surface area contributed by atoms with Crippen LogP contribution in [0.1, 0.15) is 26.3 Å². The van der Waals surface area contributed by atoms with Gasteiger partial charge in [-0.05, 0) is 36.2 Å². The molecule has 1 rings (SSSR count). The lowest BCUT2D eigenvalue weighted by Gasteiger charge is -2.28. The fourth-order valence-corrected chi connectivity index (χ4v) is 1.96. The van der Waals surface area contributed by atoms with E-state index in [1.165, 1.54) is 0 Å². The minimum Gasteiger partial charge on any atom is -0.374 e. The molecule has 0 amide bonds. The van der Waals surface area contributed by atoms with Gasteiger partial charge in [-0.25, -0.2) is 4.39 Å². The molecule has 0 bridgehead atoms. The van der Waals surface area contributed by atoms with Crippen molar-refractivity contribution in [1.82, 2.24) is 5.32 Å². The topological polar surface area (TPSA) is 15.3 Å². The summed E-state index contributed by atoms with van der Waals surface area (Å²) in [6.45, 7) is 8.12. The molecule has 1 N–H and O–H groups in total. The minimum absolute atomic E-state index is 0.173. The van der Waals surface area contributed by atoms with Crippen molar-refractivity contribution in [1.29, 1.82) is 0 Å². The highest BCUT2D eigenvalue weighted by Gasteiger charge is 2.14. The van der Waals surface area contributed by atoms with Gasteiger partial charge in [0, 0.05) is 25.8 Å². The molecule has 96 valence electrons. The van der Waals surface area contributed by atoms with Crippen molar-refractivity contribution in [2.24, 2.45) is 5.41 Å². The number of nitrogens with zero attached hydrogens (tertiary/aromatic N) is 1. The molecule has 0 spiro atoms. The van der Waals surface area contributed by atoms with Crippen LogP contribution in [-0.4, -0.2) is 20.6 Å². The van der Waals surface area contributed by atoms with Crippen molar-refractivity contribution < 1.29 is 4.39 Å². The van der Waals surface area contributed by atoms with Crippen molar-refractivity contribution in [2.45, 2.75) is 27.3 Å². The van der Waals surface area contributed by atoms with E-state index in [0.29, 0.717) is 6.54 Å². The van der Waals surface area contributed by atoms with Crippen LogP contribution in [0.25, 0.3) is 0 Å². The summed E-state index contributed by atoms with van der Waals surface area (Å²) in [5.41, 5.74) is 2.11.